The molecule has 0 aromatic heterocycles. The molecular weight excluding hydrogens is 384 g/mol. The van der Waals surface area contributed by atoms with E-state index in [1.807, 2.05) is 32.9 Å². The summed E-state index contributed by atoms with van der Waals surface area (Å²) in [6.07, 6.45) is 0.702. The molecule has 1 amide bonds. The first-order valence-electron chi connectivity index (χ1n) is 9.05. The molecular formula is C20H23ClN2O3S. The van der Waals surface area contributed by atoms with Gasteiger partial charge in [0.15, 0.2) is 5.17 Å². The zero-order chi connectivity index (χ0) is 19.7. The second kappa shape index (κ2) is 8.07. The molecule has 1 fully saturated rings. The van der Waals surface area contributed by atoms with Crippen molar-refractivity contribution in [3.8, 4) is 0 Å². The minimum atomic E-state index is -0.576. The van der Waals surface area contributed by atoms with Crippen LogP contribution in [0.3, 0.4) is 0 Å². The lowest BCUT2D eigenvalue weighted by Crippen LogP contribution is -2.41. The van der Waals surface area contributed by atoms with Crippen molar-refractivity contribution in [2.24, 2.45) is 10.9 Å². The van der Waals surface area contributed by atoms with Crippen molar-refractivity contribution >= 4 is 40.4 Å². The second-order valence-electron chi connectivity index (χ2n) is 7.07. The van der Waals surface area contributed by atoms with Gasteiger partial charge in [-0.15, -0.1) is 0 Å². The number of esters is 1. The number of hydrogen-bond acceptors (Lipinski definition) is 5. The van der Waals surface area contributed by atoms with E-state index in [4.69, 9.17) is 16.3 Å². The van der Waals surface area contributed by atoms with Gasteiger partial charge in [0.05, 0.1) is 29.2 Å². The van der Waals surface area contributed by atoms with Crippen molar-refractivity contribution in [1.29, 1.82) is 0 Å². The van der Waals surface area contributed by atoms with Crippen molar-refractivity contribution in [3.63, 3.8) is 0 Å². The molecule has 0 unspecified atom stereocenters. The van der Waals surface area contributed by atoms with Crippen molar-refractivity contribution in [3.05, 3.63) is 46.1 Å². The first-order valence-corrected chi connectivity index (χ1v) is 10.3. The minimum absolute atomic E-state index is 0.0344. The molecule has 0 N–H and O–H groups in total. The fourth-order valence-electron chi connectivity index (χ4n) is 3.16. The highest BCUT2D eigenvalue weighted by Gasteiger charge is 2.47. The maximum atomic E-state index is 13.0. The van der Waals surface area contributed by atoms with Gasteiger partial charge >= 0.3 is 5.97 Å². The van der Waals surface area contributed by atoms with Gasteiger partial charge in [0.1, 0.15) is 0 Å². The van der Waals surface area contributed by atoms with Crippen LogP contribution in [0.4, 0.5) is 0 Å². The maximum absolute atomic E-state index is 13.0. The third-order valence-corrected chi connectivity index (χ3v) is 6.01. The Bertz CT molecular complexity index is 834. The summed E-state index contributed by atoms with van der Waals surface area (Å²) in [4.78, 5) is 32.1. The monoisotopic (exact) mass is 406 g/mol. The summed E-state index contributed by atoms with van der Waals surface area (Å²) in [5, 5.41) is 0.995. The Morgan fingerprint density at radius 3 is 2.78 bits per heavy atom. The molecule has 5 nitrogen and oxygen atoms in total. The molecule has 1 aromatic carbocycles. The third-order valence-electron chi connectivity index (χ3n) is 4.45. The average molecular weight is 407 g/mol. The number of aliphatic imine (C=N–C) groups is 1. The van der Waals surface area contributed by atoms with Gasteiger partial charge in [-0.25, -0.2) is 9.79 Å². The predicted octanol–water partition coefficient (Wildman–Crippen LogP) is 4.58. The largest absolute Gasteiger partial charge is 0.462 e. The highest BCUT2D eigenvalue weighted by molar-refractivity contribution is 8.15. The minimum Gasteiger partial charge on any atom is -0.462 e. The number of halogens is 1. The van der Waals surface area contributed by atoms with Crippen LogP contribution in [0.25, 0.3) is 0 Å². The van der Waals surface area contributed by atoms with Crippen LogP contribution in [-0.2, 0) is 14.3 Å². The van der Waals surface area contributed by atoms with E-state index in [2.05, 4.69) is 4.99 Å². The lowest BCUT2D eigenvalue weighted by molar-refractivity contribution is -0.141. The van der Waals surface area contributed by atoms with Gasteiger partial charge in [-0.3, -0.25) is 9.69 Å². The molecule has 144 valence electrons. The summed E-state index contributed by atoms with van der Waals surface area (Å²) in [5.41, 5.74) is 1.75. The van der Waals surface area contributed by atoms with E-state index in [1.165, 1.54) is 11.8 Å². The molecule has 0 saturated carbocycles. The second-order valence-corrected chi connectivity index (χ2v) is 8.67. The standard InChI is InChI=1S/C20H23ClN2O3S/c1-5-15-18(24)23-17(13-7-6-8-14(21)9-13)16(12(4)22-20(23)27-15)19(25)26-10-11(2)3/h6-9,11,15,17H,5,10H2,1-4H3/t15-,17+/m1/s1. The first kappa shape index (κ1) is 20.0. The number of carbonyl (C=O) groups excluding carboxylic acids is 2. The van der Waals surface area contributed by atoms with Crippen LogP contribution in [0.1, 0.15) is 45.7 Å². The summed E-state index contributed by atoms with van der Waals surface area (Å²) < 4.78 is 5.49. The van der Waals surface area contributed by atoms with E-state index in [0.29, 0.717) is 34.5 Å². The Morgan fingerprint density at radius 2 is 2.15 bits per heavy atom. The maximum Gasteiger partial charge on any atom is 0.338 e. The number of carbonyl (C=O) groups is 2. The van der Waals surface area contributed by atoms with Crippen LogP contribution in [0, 0.1) is 5.92 Å². The van der Waals surface area contributed by atoms with Crippen molar-refractivity contribution in [2.75, 3.05) is 6.61 Å². The summed E-state index contributed by atoms with van der Waals surface area (Å²) in [6, 6.07) is 6.67. The fourth-order valence-corrected chi connectivity index (χ4v) is 4.50. The molecule has 3 rings (SSSR count). The number of benzene rings is 1. The van der Waals surface area contributed by atoms with E-state index in [1.54, 1.807) is 24.0 Å². The number of nitrogens with zero attached hydrogens (tertiary/aromatic N) is 2. The molecule has 27 heavy (non-hydrogen) atoms. The summed E-state index contributed by atoms with van der Waals surface area (Å²) in [6.45, 7) is 8.03. The van der Waals surface area contributed by atoms with Crippen molar-refractivity contribution in [1.82, 2.24) is 4.90 Å². The number of allylic oxidation sites excluding steroid dienone is 1. The zero-order valence-electron chi connectivity index (χ0n) is 15.9. The van der Waals surface area contributed by atoms with Gasteiger partial charge in [-0.05, 0) is 37.0 Å². The molecule has 0 bridgehead atoms. The van der Waals surface area contributed by atoms with Crippen LogP contribution >= 0.6 is 23.4 Å². The molecule has 2 heterocycles. The number of hydrogen-bond donors (Lipinski definition) is 0. The average Bonchev–Trinajstić information content (AvgIpc) is 2.93. The Kier molecular flexibility index (Phi) is 5.96. The molecule has 0 aliphatic carbocycles. The van der Waals surface area contributed by atoms with E-state index in [9.17, 15) is 9.59 Å². The molecule has 1 saturated heterocycles. The Hall–Kier alpha value is -1.79. The Morgan fingerprint density at radius 1 is 1.41 bits per heavy atom. The van der Waals surface area contributed by atoms with Gasteiger partial charge < -0.3 is 4.74 Å². The highest BCUT2D eigenvalue weighted by Crippen LogP contribution is 2.44. The van der Waals surface area contributed by atoms with Gasteiger partial charge in [0.2, 0.25) is 5.91 Å². The highest BCUT2D eigenvalue weighted by atomic mass is 35.5. The van der Waals surface area contributed by atoms with Crippen molar-refractivity contribution < 1.29 is 14.3 Å². The van der Waals surface area contributed by atoms with E-state index >= 15 is 0 Å². The molecule has 1 aromatic rings. The molecule has 0 spiro atoms. The number of ether oxygens (including phenoxy) is 1. The van der Waals surface area contributed by atoms with Gasteiger partial charge in [0, 0.05) is 5.02 Å². The summed E-state index contributed by atoms with van der Waals surface area (Å²) in [5.74, 6) is -0.254. The van der Waals surface area contributed by atoms with Gasteiger partial charge in [-0.1, -0.05) is 56.3 Å². The van der Waals surface area contributed by atoms with E-state index in [-0.39, 0.29) is 17.1 Å². The molecule has 2 atom stereocenters. The van der Waals surface area contributed by atoms with Crippen LogP contribution in [-0.4, -0.2) is 33.8 Å². The molecule has 2 aliphatic heterocycles. The lowest BCUT2D eigenvalue weighted by atomic mass is 9.94. The zero-order valence-corrected chi connectivity index (χ0v) is 17.4. The number of amidine groups is 1. The number of rotatable bonds is 5. The van der Waals surface area contributed by atoms with Gasteiger partial charge in [0.25, 0.3) is 0 Å². The van der Waals surface area contributed by atoms with Crippen LogP contribution in [0.15, 0.2) is 40.5 Å². The molecule has 0 radical (unpaired) electrons. The Balaban J connectivity index is 2.08. The van der Waals surface area contributed by atoms with Crippen LogP contribution < -0.4 is 0 Å². The summed E-state index contributed by atoms with van der Waals surface area (Å²) >= 11 is 7.64. The van der Waals surface area contributed by atoms with Crippen LogP contribution in [0.2, 0.25) is 5.02 Å². The predicted molar refractivity (Wildman–Crippen MR) is 109 cm³/mol. The lowest BCUT2D eigenvalue weighted by Gasteiger charge is -2.33. The number of amides is 1. The normalized spacial score (nSPS) is 22.2. The first-order chi connectivity index (χ1) is 12.8. The van der Waals surface area contributed by atoms with E-state index < -0.39 is 12.0 Å². The number of fused-ring (bicyclic) bond motifs is 1. The van der Waals surface area contributed by atoms with Crippen LogP contribution in [0.5, 0.6) is 0 Å². The smallest absolute Gasteiger partial charge is 0.338 e. The number of thioether (sulfide) groups is 1. The molecule has 7 heteroatoms. The fraction of sp³-hybridized carbons (Fsp3) is 0.450. The van der Waals surface area contributed by atoms with Crippen molar-refractivity contribution in [2.45, 2.75) is 45.4 Å². The quantitative estimate of drug-likeness (QED) is 0.671. The topological polar surface area (TPSA) is 59.0 Å². The van der Waals surface area contributed by atoms with E-state index in [0.717, 1.165) is 5.56 Å². The SMILES string of the molecule is CC[C@H]1SC2=NC(C)=C(C(=O)OCC(C)C)[C@H](c3cccc(Cl)c3)N2C1=O. The Labute approximate surface area is 168 Å². The third kappa shape index (κ3) is 3.92. The molecule has 2 aliphatic rings. The van der Waals surface area contributed by atoms with Gasteiger partial charge in [-0.2, -0.15) is 0 Å². The summed E-state index contributed by atoms with van der Waals surface area (Å²) in [7, 11) is 0.